The van der Waals surface area contributed by atoms with Gasteiger partial charge in [-0.1, -0.05) is 68.0 Å². The van der Waals surface area contributed by atoms with Gasteiger partial charge in [-0.3, -0.25) is 0 Å². The minimum Gasteiger partial charge on any atom is -0.436 e. The van der Waals surface area contributed by atoms with Crippen molar-refractivity contribution in [2.24, 2.45) is 0 Å². The zero-order valence-corrected chi connectivity index (χ0v) is 20.1. The fraction of sp³-hybridized carbons (Fsp3) is 0.125. The molecular formula is C32H26N2O2. The molecule has 0 amide bonds. The summed E-state index contributed by atoms with van der Waals surface area (Å²) >= 11 is 0. The summed E-state index contributed by atoms with van der Waals surface area (Å²) in [5.41, 5.74) is 8.87. The number of nitrogens with zero attached hydrogens (tertiary/aromatic N) is 2. The van der Waals surface area contributed by atoms with E-state index in [1.54, 1.807) is 0 Å². The molecule has 4 aromatic carbocycles. The molecule has 36 heavy (non-hydrogen) atoms. The first-order chi connectivity index (χ1) is 17.7. The Morgan fingerprint density at radius 2 is 1.22 bits per heavy atom. The quantitative estimate of drug-likeness (QED) is 0.219. The normalized spacial score (nSPS) is 11.7. The SMILES string of the molecule is CCCCc1ccc2nc(-c3ccc(/C=C/c4ccc(-c5nc6ccccc6o5)cc4)cc3)oc2c1. The summed E-state index contributed by atoms with van der Waals surface area (Å²) < 4.78 is 11.9. The van der Waals surface area contributed by atoms with Gasteiger partial charge in [-0.15, -0.1) is 0 Å². The summed E-state index contributed by atoms with van der Waals surface area (Å²) in [4.78, 5) is 9.25. The van der Waals surface area contributed by atoms with Crippen LogP contribution in [0.5, 0.6) is 0 Å². The van der Waals surface area contributed by atoms with Crippen molar-refractivity contribution in [1.29, 1.82) is 0 Å². The number of aromatic nitrogens is 2. The Bertz CT molecular complexity index is 1620. The van der Waals surface area contributed by atoms with Crippen LogP contribution in [0.15, 0.2) is 99.8 Å². The molecule has 4 heteroatoms. The highest BCUT2D eigenvalue weighted by Crippen LogP contribution is 2.27. The van der Waals surface area contributed by atoms with E-state index >= 15 is 0 Å². The average molecular weight is 471 g/mol. The van der Waals surface area contributed by atoms with E-state index in [1.165, 1.54) is 18.4 Å². The van der Waals surface area contributed by atoms with E-state index in [0.29, 0.717) is 11.8 Å². The molecule has 0 saturated heterocycles. The van der Waals surface area contributed by atoms with E-state index in [2.05, 4.69) is 83.6 Å². The molecule has 0 aliphatic rings. The molecule has 6 rings (SSSR count). The number of hydrogen-bond donors (Lipinski definition) is 0. The molecule has 4 nitrogen and oxygen atoms in total. The number of hydrogen-bond acceptors (Lipinski definition) is 4. The van der Waals surface area contributed by atoms with Crippen LogP contribution in [0.25, 0.3) is 57.3 Å². The van der Waals surface area contributed by atoms with Gasteiger partial charge in [-0.25, -0.2) is 9.97 Å². The average Bonchev–Trinajstić information content (AvgIpc) is 3.55. The van der Waals surface area contributed by atoms with Crippen molar-refractivity contribution in [2.75, 3.05) is 0 Å². The fourth-order valence-electron chi connectivity index (χ4n) is 4.29. The molecule has 176 valence electrons. The highest BCUT2D eigenvalue weighted by Gasteiger charge is 2.09. The first kappa shape index (κ1) is 22.1. The van der Waals surface area contributed by atoms with Crippen molar-refractivity contribution in [3.8, 4) is 22.9 Å². The lowest BCUT2D eigenvalue weighted by Gasteiger charge is -1.99. The Balaban J connectivity index is 1.15. The van der Waals surface area contributed by atoms with Gasteiger partial charge in [0.25, 0.3) is 0 Å². The molecular weight excluding hydrogens is 444 g/mol. The van der Waals surface area contributed by atoms with Crippen LogP contribution in [0.4, 0.5) is 0 Å². The van der Waals surface area contributed by atoms with Crippen molar-refractivity contribution in [2.45, 2.75) is 26.2 Å². The van der Waals surface area contributed by atoms with E-state index in [1.807, 2.05) is 36.4 Å². The third kappa shape index (κ3) is 4.58. The van der Waals surface area contributed by atoms with Gasteiger partial charge in [0.15, 0.2) is 11.2 Å². The van der Waals surface area contributed by atoms with Gasteiger partial charge in [0.05, 0.1) is 0 Å². The summed E-state index contributed by atoms with van der Waals surface area (Å²) in [5.74, 6) is 1.29. The second-order valence-corrected chi connectivity index (χ2v) is 8.99. The van der Waals surface area contributed by atoms with Crippen molar-refractivity contribution >= 4 is 34.4 Å². The van der Waals surface area contributed by atoms with Gasteiger partial charge in [0, 0.05) is 11.1 Å². The van der Waals surface area contributed by atoms with Crippen molar-refractivity contribution < 1.29 is 8.83 Å². The maximum absolute atomic E-state index is 6.07. The van der Waals surface area contributed by atoms with E-state index in [9.17, 15) is 0 Å². The van der Waals surface area contributed by atoms with Crippen LogP contribution >= 0.6 is 0 Å². The highest BCUT2D eigenvalue weighted by atomic mass is 16.4. The molecule has 0 aliphatic heterocycles. The van der Waals surface area contributed by atoms with E-state index in [4.69, 9.17) is 8.83 Å². The second-order valence-electron chi connectivity index (χ2n) is 8.99. The summed E-state index contributed by atoms with van der Waals surface area (Å²) in [6, 6.07) is 30.6. The maximum atomic E-state index is 6.07. The van der Waals surface area contributed by atoms with Crippen molar-refractivity contribution in [3.05, 3.63) is 108 Å². The number of fused-ring (bicyclic) bond motifs is 2. The molecule has 0 spiro atoms. The van der Waals surface area contributed by atoms with E-state index < -0.39 is 0 Å². The molecule has 2 heterocycles. The Labute approximate surface area is 209 Å². The van der Waals surface area contributed by atoms with E-state index in [-0.39, 0.29) is 0 Å². The molecule has 2 aromatic heterocycles. The fourth-order valence-corrected chi connectivity index (χ4v) is 4.29. The Hall–Kier alpha value is -4.44. The lowest BCUT2D eigenvalue weighted by atomic mass is 10.1. The Morgan fingerprint density at radius 3 is 1.83 bits per heavy atom. The first-order valence-electron chi connectivity index (χ1n) is 12.4. The largest absolute Gasteiger partial charge is 0.436 e. The van der Waals surface area contributed by atoms with Crippen LogP contribution in [0.3, 0.4) is 0 Å². The first-order valence-corrected chi connectivity index (χ1v) is 12.4. The van der Waals surface area contributed by atoms with E-state index in [0.717, 1.165) is 50.9 Å². The van der Waals surface area contributed by atoms with Crippen molar-refractivity contribution in [3.63, 3.8) is 0 Å². The lowest BCUT2D eigenvalue weighted by molar-refractivity contribution is 0.619. The molecule has 0 unspecified atom stereocenters. The molecule has 0 saturated carbocycles. The zero-order valence-electron chi connectivity index (χ0n) is 20.1. The minimum absolute atomic E-state index is 0.638. The van der Waals surface area contributed by atoms with Gasteiger partial charge in [0.1, 0.15) is 11.0 Å². The summed E-state index contributed by atoms with van der Waals surface area (Å²) in [6.45, 7) is 2.21. The Morgan fingerprint density at radius 1 is 0.639 bits per heavy atom. The van der Waals surface area contributed by atoms with Gasteiger partial charge in [0.2, 0.25) is 11.8 Å². The second kappa shape index (κ2) is 9.67. The van der Waals surface area contributed by atoms with Crippen molar-refractivity contribution in [1.82, 2.24) is 9.97 Å². The predicted molar refractivity (Wildman–Crippen MR) is 146 cm³/mol. The van der Waals surface area contributed by atoms with Crippen LogP contribution in [0, 0.1) is 0 Å². The predicted octanol–water partition coefficient (Wildman–Crippen LogP) is 8.82. The smallest absolute Gasteiger partial charge is 0.227 e. The molecule has 0 bridgehead atoms. The summed E-state index contributed by atoms with van der Waals surface area (Å²) in [7, 11) is 0. The monoisotopic (exact) mass is 470 g/mol. The van der Waals surface area contributed by atoms with Gasteiger partial charge < -0.3 is 8.83 Å². The van der Waals surface area contributed by atoms with Crippen LogP contribution in [0.1, 0.15) is 36.5 Å². The number of benzene rings is 4. The minimum atomic E-state index is 0.638. The third-order valence-electron chi connectivity index (χ3n) is 6.35. The number of aryl methyl sites for hydroxylation is 1. The van der Waals surface area contributed by atoms with Crippen LogP contribution in [-0.4, -0.2) is 9.97 Å². The van der Waals surface area contributed by atoms with Gasteiger partial charge in [-0.2, -0.15) is 0 Å². The lowest BCUT2D eigenvalue weighted by Crippen LogP contribution is -1.83. The number of unbranched alkanes of at least 4 members (excludes halogenated alkanes) is 1. The number of para-hydroxylation sites is 2. The zero-order chi connectivity index (χ0) is 24.3. The molecule has 0 radical (unpaired) electrons. The number of oxazole rings is 2. The molecule has 0 fully saturated rings. The van der Waals surface area contributed by atoms with Gasteiger partial charge in [-0.05, 0) is 78.1 Å². The maximum Gasteiger partial charge on any atom is 0.227 e. The van der Waals surface area contributed by atoms with Crippen LogP contribution in [-0.2, 0) is 6.42 Å². The molecule has 6 aromatic rings. The Kier molecular flexibility index (Phi) is 5.92. The van der Waals surface area contributed by atoms with Gasteiger partial charge >= 0.3 is 0 Å². The third-order valence-corrected chi connectivity index (χ3v) is 6.35. The molecule has 0 N–H and O–H groups in total. The standard InChI is InChI=1S/C32H26N2O2/c1-2-3-6-24-15-20-28-30(21-24)36-32(34-28)26-18-13-23(14-19-26)10-9-22-11-16-25(17-12-22)31-33-27-7-4-5-8-29(27)35-31/h4-5,7-21H,2-3,6H2,1H3/b10-9+. The summed E-state index contributed by atoms with van der Waals surface area (Å²) in [6.07, 6.45) is 7.64. The van der Waals surface area contributed by atoms with Crippen LogP contribution < -0.4 is 0 Å². The molecule has 0 aliphatic carbocycles. The topological polar surface area (TPSA) is 52.1 Å². The molecule has 0 atom stereocenters. The number of rotatable bonds is 7. The summed E-state index contributed by atoms with van der Waals surface area (Å²) in [5, 5.41) is 0. The highest BCUT2D eigenvalue weighted by molar-refractivity contribution is 5.78. The van der Waals surface area contributed by atoms with Crippen LogP contribution in [0.2, 0.25) is 0 Å².